The molecule has 0 aliphatic carbocycles. The lowest BCUT2D eigenvalue weighted by atomic mass is 10.0. The van der Waals surface area contributed by atoms with E-state index in [-0.39, 0.29) is 0 Å². The first-order valence-corrected chi connectivity index (χ1v) is 6.94. The van der Waals surface area contributed by atoms with E-state index in [1.54, 1.807) is 0 Å². The normalized spacial score (nSPS) is 12.8. The van der Waals surface area contributed by atoms with Crippen molar-refractivity contribution >= 4 is 5.82 Å². The van der Waals surface area contributed by atoms with Gasteiger partial charge in [0.1, 0.15) is 5.82 Å². The standard InChI is InChI=1S/C15H27N3/c1-6-7-8-14(17-12(2)3)13-9-10-15(16-11-13)18(4)5/h9-12,14,17H,6-8H2,1-5H3. The maximum absolute atomic E-state index is 4.50. The summed E-state index contributed by atoms with van der Waals surface area (Å²) < 4.78 is 0. The number of rotatable bonds is 7. The SMILES string of the molecule is CCCCC(NC(C)C)c1ccc(N(C)C)nc1. The minimum Gasteiger partial charge on any atom is -0.363 e. The zero-order valence-electron chi connectivity index (χ0n) is 12.4. The molecule has 1 atom stereocenters. The Morgan fingerprint density at radius 1 is 1.28 bits per heavy atom. The van der Waals surface area contributed by atoms with E-state index in [0.717, 1.165) is 5.82 Å². The molecule has 18 heavy (non-hydrogen) atoms. The van der Waals surface area contributed by atoms with Crippen LogP contribution < -0.4 is 10.2 Å². The Hall–Kier alpha value is -1.09. The molecule has 0 aliphatic rings. The minimum atomic E-state index is 0.425. The van der Waals surface area contributed by atoms with Gasteiger partial charge in [0.2, 0.25) is 0 Å². The van der Waals surface area contributed by atoms with Crippen LogP contribution in [0.2, 0.25) is 0 Å². The number of hydrogen-bond donors (Lipinski definition) is 1. The third kappa shape index (κ3) is 4.65. The van der Waals surface area contributed by atoms with Crippen molar-refractivity contribution in [2.24, 2.45) is 0 Å². The van der Waals surface area contributed by atoms with Gasteiger partial charge < -0.3 is 10.2 Å². The molecule has 3 nitrogen and oxygen atoms in total. The highest BCUT2D eigenvalue weighted by Gasteiger charge is 2.12. The number of unbranched alkanes of at least 4 members (excludes halogenated alkanes) is 1. The molecule has 1 unspecified atom stereocenters. The van der Waals surface area contributed by atoms with Crippen LogP contribution in [0.5, 0.6) is 0 Å². The van der Waals surface area contributed by atoms with Gasteiger partial charge in [-0.1, -0.05) is 39.7 Å². The topological polar surface area (TPSA) is 28.2 Å². The number of pyridine rings is 1. The van der Waals surface area contributed by atoms with Crippen LogP contribution in [0.25, 0.3) is 0 Å². The second kappa shape index (κ2) is 7.37. The smallest absolute Gasteiger partial charge is 0.127 e. The molecule has 0 bridgehead atoms. The van der Waals surface area contributed by atoms with Gasteiger partial charge in [0.25, 0.3) is 0 Å². The highest BCUT2D eigenvalue weighted by molar-refractivity contribution is 5.37. The van der Waals surface area contributed by atoms with E-state index in [0.29, 0.717) is 12.1 Å². The van der Waals surface area contributed by atoms with Gasteiger partial charge in [-0.3, -0.25) is 0 Å². The molecule has 0 radical (unpaired) electrons. The van der Waals surface area contributed by atoms with Crippen molar-refractivity contribution in [3.63, 3.8) is 0 Å². The number of nitrogens with one attached hydrogen (secondary N) is 1. The molecule has 1 aromatic rings. The van der Waals surface area contributed by atoms with Crippen LogP contribution in [0.4, 0.5) is 5.82 Å². The Labute approximate surface area is 112 Å². The predicted molar refractivity (Wildman–Crippen MR) is 79.1 cm³/mol. The van der Waals surface area contributed by atoms with Crippen molar-refractivity contribution in [1.82, 2.24) is 10.3 Å². The summed E-state index contributed by atoms with van der Waals surface area (Å²) in [5.74, 6) is 1.01. The summed E-state index contributed by atoms with van der Waals surface area (Å²) in [5.41, 5.74) is 1.29. The Morgan fingerprint density at radius 3 is 2.44 bits per heavy atom. The van der Waals surface area contributed by atoms with Gasteiger partial charge in [-0.05, 0) is 18.1 Å². The number of anilines is 1. The third-order valence-electron chi connectivity index (χ3n) is 3.01. The molecule has 0 aliphatic heterocycles. The van der Waals surface area contributed by atoms with Crippen LogP contribution in [-0.2, 0) is 0 Å². The average molecular weight is 249 g/mol. The molecule has 0 amide bonds. The lowest BCUT2D eigenvalue weighted by Gasteiger charge is -2.22. The van der Waals surface area contributed by atoms with Crippen molar-refractivity contribution in [2.75, 3.05) is 19.0 Å². The highest BCUT2D eigenvalue weighted by Crippen LogP contribution is 2.21. The summed E-state index contributed by atoms with van der Waals surface area (Å²) in [6.07, 6.45) is 5.67. The number of hydrogen-bond acceptors (Lipinski definition) is 3. The second-order valence-corrected chi connectivity index (χ2v) is 5.36. The van der Waals surface area contributed by atoms with Crippen molar-refractivity contribution in [3.05, 3.63) is 23.9 Å². The second-order valence-electron chi connectivity index (χ2n) is 5.36. The zero-order valence-corrected chi connectivity index (χ0v) is 12.4. The maximum Gasteiger partial charge on any atom is 0.127 e. The van der Waals surface area contributed by atoms with Crippen molar-refractivity contribution in [3.8, 4) is 0 Å². The maximum atomic E-state index is 4.50. The molecule has 3 heteroatoms. The molecule has 0 spiro atoms. The molecule has 1 heterocycles. The Kier molecular flexibility index (Phi) is 6.13. The van der Waals surface area contributed by atoms with Crippen LogP contribution in [-0.4, -0.2) is 25.1 Å². The lowest BCUT2D eigenvalue weighted by Crippen LogP contribution is -2.28. The van der Waals surface area contributed by atoms with Crippen LogP contribution >= 0.6 is 0 Å². The summed E-state index contributed by atoms with van der Waals surface area (Å²) in [7, 11) is 4.03. The van der Waals surface area contributed by atoms with Crippen LogP contribution in [0.3, 0.4) is 0 Å². The van der Waals surface area contributed by atoms with Crippen LogP contribution in [0.15, 0.2) is 18.3 Å². The largest absolute Gasteiger partial charge is 0.363 e. The quantitative estimate of drug-likeness (QED) is 0.803. The summed E-state index contributed by atoms with van der Waals surface area (Å²) in [6, 6.07) is 5.21. The van der Waals surface area contributed by atoms with Crippen LogP contribution in [0.1, 0.15) is 51.6 Å². The molecule has 0 fully saturated rings. The minimum absolute atomic E-state index is 0.425. The Morgan fingerprint density at radius 2 is 2.00 bits per heavy atom. The lowest BCUT2D eigenvalue weighted by molar-refractivity contribution is 0.439. The first-order chi connectivity index (χ1) is 8.54. The molecule has 0 saturated heterocycles. The molecule has 1 rings (SSSR count). The summed E-state index contributed by atoms with van der Waals surface area (Å²) >= 11 is 0. The molecule has 1 N–H and O–H groups in total. The highest BCUT2D eigenvalue weighted by atomic mass is 15.1. The van der Waals surface area contributed by atoms with Crippen molar-refractivity contribution < 1.29 is 0 Å². The van der Waals surface area contributed by atoms with Gasteiger partial charge >= 0.3 is 0 Å². The van der Waals surface area contributed by atoms with E-state index in [9.17, 15) is 0 Å². The van der Waals surface area contributed by atoms with E-state index in [1.165, 1.54) is 24.8 Å². The third-order valence-corrected chi connectivity index (χ3v) is 3.01. The molecule has 1 aromatic heterocycles. The summed E-state index contributed by atoms with van der Waals surface area (Å²) in [5, 5.41) is 3.63. The van der Waals surface area contributed by atoms with E-state index in [4.69, 9.17) is 0 Å². The molecular formula is C15H27N3. The van der Waals surface area contributed by atoms with Crippen molar-refractivity contribution in [2.45, 2.75) is 52.1 Å². The fraction of sp³-hybridized carbons (Fsp3) is 0.667. The van der Waals surface area contributed by atoms with E-state index >= 15 is 0 Å². The molecule has 102 valence electrons. The Bertz CT molecular complexity index is 330. The molecule has 0 saturated carbocycles. The van der Waals surface area contributed by atoms with E-state index in [2.05, 4.69) is 43.2 Å². The van der Waals surface area contributed by atoms with Gasteiger partial charge in [-0.25, -0.2) is 4.98 Å². The Balaban J connectivity index is 2.77. The fourth-order valence-corrected chi connectivity index (χ4v) is 2.03. The summed E-state index contributed by atoms with van der Waals surface area (Å²) in [6.45, 7) is 6.63. The predicted octanol–water partition coefficient (Wildman–Crippen LogP) is 3.38. The van der Waals surface area contributed by atoms with Crippen molar-refractivity contribution in [1.29, 1.82) is 0 Å². The van der Waals surface area contributed by atoms with Gasteiger partial charge in [-0.2, -0.15) is 0 Å². The van der Waals surface area contributed by atoms with Gasteiger partial charge in [0, 0.05) is 32.4 Å². The van der Waals surface area contributed by atoms with Crippen LogP contribution in [0, 0.1) is 0 Å². The average Bonchev–Trinajstić information content (AvgIpc) is 2.34. The fourth-order valence-electron chi connectivity index (χ4n) is 2.03. The van der Waals surface area contributed by atoms with E-state index in [1.807, 2.05) is 25.2 Å². The van der Waals surface area contributed by atoms with Gasteiger partial charge in [-0.15, -0.1) is 0 Å². The summed E-state index contributed by atoms with van der Waals surface area (Å²) in [4.78, 5) is 6.53. The van der Waals surface area contributed by atoms with E-state index < -0.39 is 0 Å². The van der Waals surface area contributed by atoms with Gasteiger partial charge in [0.15, 0.2) is 0 Å². The first-order valence-electron chi connectivity index (χ1n) is 6.94. The monoisotopic (exact) mass is 249 g/mol. The molecular weight excluding hydrogens is 222 g/mol. The van der Waals surface area contributed by atoms with Gasteiger partial charge in [0.05, 0.1) is 0 Å². The zero-order chi connectivity index (χ0) is 13.5. The first kappa shape index (κ1) is 15.0. The number of nitrogens with zero attached hydrogens (tertiary/aromatic N) is 2. The molecule has 0 aromatic carbocycles. The number of aromatic nitrogens is 1.